The second kappa shape index (κ2) is 3.55. The van der Waals surface area contributed by atoms with E-state index in [0.717, 1.165) is 35.9 Å². The van der Waals surface area contributed by atoms with Crippen LogP contribution in [0.1, 0.15) is 50.3 Å². The maximum atomic E-state index is 6.25. The lowest BCUT2D eigenvalue weighted by Gasteiger charge is -2.21. The molecular weight excluding hydrogens is 198 g/mol. The number of aryl methyl sites for hydroxylation is 1. The highest BCUT2D eigenvalue weighted by atomic mass is 35.5. The van der Waals surface area contributed by atoms with Crippen LogP contribution in [0.3, 0.4) is 0 Å². The molecule has 2 N–H and O–H groups in total. The molecule has 1 atom stereocenters. The van der Waals surface area contributed by atoms with Crippen molar-refractivity contribution in [2.75, 3.05) is 0 Å². The van der Waals surface area contributed by atoms with Gasteiger partial charge in [0.2, 0.25) is 0 Å². The maximum absolute atomic E-state index is 6.25. The third kappa shape index (κ3) is 1.44. The van der Waals surface area contributed by atoms with Crippen molar-refractivity contribution >= 4 is 11.6 Å². The zero-order valence-corrected chi connectivity index (χ0v) is 9.38. The Morgan fingerprint density at radius 2 is 2.29 bits per heavy atom. The van der Waals surface area contributed by atoms with Crippen LogP contribution in [0.4, 0.5) is 0 Å². The minimum absolute atomic E-state index is 0.0197. The van der Waals surface area contributed by atoms with Crippen molar-refractivity contribution < 1.29 is 0 Å². The monoisotopic (exact) mass is 213 g/mol. The van der Waals surface area contributed by atoms with E-state index in [1.807, 2.05) is 4.57 Å². The Hall–Kier alpha value is -0.540. The summed E-state index contributed by atoms with van der Waals surface area (Å²) in [4.78, 5) is 4.55. The average Bonchev–Trinajstić information content (AvgIpc) is 2.45. The van der Waals surface area contributed by atoms with E-state index in [2.05, 4.69) is 18.8 Å². The fourth-order valence-electron chi connectivity index (χ4n) is 1.95. The van der Waals surface area contributed by atoms with Crippen LogP contribution >= 0.6 is 11.6 Å². The molecule has 1 aliphatic heterocycles. The van der Waals surface area contributed by atoms with Crippen molar-refractivity contribution in [3.63, 3.8) is 0 Å². The lowest BCUT2D eigenvalue weighted by molar-refractivity contribution is 0.409. The minimum Gasteiger partial charge on any atom is -0.311 e. The van der Waals surface area contributed by atoms with Crippen molar-refractivity contribution in [1.82, 2.24) is 9.55 Å². The number of hydrogen-bond donors (Lipinski definition) is 1. The Labute approximate surface area is 89.3 Å². The highest BCUT2D eigenvalue weighted by molar-refractivity contribution is 6.30. The first kappa shape index (κ1) is 9.99. The lowest BCUT2D eigenvalue weighted by Crippen LogP contribution is -2.24. The van der Waals surface area contributed by atoms with Gasteiger partial charge in [0, 0.05) is 6.42 Å². The fourth-order valence-corrected chi connectivity index (χ4v) is 2.44. The van der Waals surface area contributed by atoms with Crippen LogP contribution in [0.2, 0.25) is 5.15 Å². The third-order valence-corrected chi connectivity index (χ3v) is 3.10. The molecular formula is C10H16ClN3. The first-order valence-corrected chi connectivity index (χ1v) is 5.51. The molecule has 0 fully saturated rings. The van der Waals surface area contributed by atoms with Gasteiger partial charge in [-0.15, -0.1) is 0 Å². The Kier molecular flexibility index (Phi) is 2.54. The summed E-state index contributed by atoms with van der Waals surface area (Å²) in [6, 6.07) is 0. The molecule has 0 radical (unpaired) electrons. The summed E-state index contributed by atoms with van der Waals surface area (Å²) in [5.41, 5.74) is 6.98. The van der Waals surface area contributed by atoms with Gasteiger partial charge >= 0.3 is 0 Å². The van der Waals surface area contributed by atoms with Crippen LogP contribution in [-0.4, -0.2) is 9.55 Å². The van der Waals surface area contributed by atoms with Gasteiger partial charge < -0.3 is 10.3 Å². The van der Waals surface area contributed by atoms with Crippen LogP contribution < -0.4 is 5.73 Å². The van der Waals surface area contributed by atoms with E-state index in [1.165, 1.54) is 0 Å². The fraction of sp³-hybridized carbons (Fsp3) is 0.700. The minimum atomic E-state index is 0.0197. The zero-order valence-electron chi connectivity index (χ0n) is 8.63. The molecule has 1 aromatic heterocycles. The van der Waals surface area contributed by atoms with Crippen molar-refractivity contribution in [2.24, 2.45) is 5.73 Å². The van der Waals surface area contributed by atoms with Gasteiger partial charge in [0.05, 0.1) is 11.9 Å². The molecule has 4 heteroatoms. The zero-order chi connectivity index (χ0) is 10.3. The molecule has 0 aromatic carbocycles. The lowest BCUT2D eigenvalue weighted by atomic mass is 10.1. The molecule has 0 bridgehead atoms. The van der Waals surface area contributed by atoms with Gasteiger partial charge in [-0.05, 0) is 18.8 Å². The molecule has 0 spiro atoms. The summed E-state index contributed by atoms with van der Waals surface area (Å²) in [5, 5.41) is 0.738. The number of aromatic nitrogens is 2. The number of imidazole rings is 1. The number of fused-ring (bicyclic) bond motifs is 1. The van der Waals surface area contributed by atoms with Crippen molar-refractivity contribution in [3.05, 3.63) is 16.7 Å². The van der Waals surface area contributed by atoms with Gasteiger partial charge in [0.1, 0.15) is 11.0 Å². The maximum Gasteiger partial charge on any atom is 0.133 e. The summed E-state index contributed by atoms with van der Waals surface area (Å²) < 4.78 is 1.99. The molecule has 0 saturated carbocycles. The predicted molar refractivity (Wildman–Crippen MR) is 57.5 cm³/mol. The van der Waals surface area contributed by atoms with Crippen LogP contribution in [0.25, 0.3) is 0 Å². The molecule has 0 saturated heterocycles. The number of rotatable bonds is 1. The van der Waals surface area contributed by atoms with Crippen LogP contribution in [-0.2, 0) is 6.42 Å². The molecule has 1 unspecified atom stereocenters. The second-order valence-corrected chi connectivity index (χ2v) is 4.55. The van der Waals surface area contributed by atoms with Crippen molar-refractivity contribution in [3.8, 4) is 0 Å². The van der Waals surface area contributed by atoms with Crippen molar-refractivity contribution in [1.29, 1.82) is 0 Å². The van der Waals surface area contributed by atoms with Gasteiger partial charge in [-0.2, -0.15) is 0 Å². The van der Waals surface area contributed by atoms with Gasteiger partial charge in [0.25, 0.3) is 0 Å². The van der Waals surface area contributed by atoms with Crippen molar-refractivity contribution in [2.45, 2.75) is 45.2 Å². The van der Waals surface area contributed by atoms with E-state index in [-0.39, 0.29) is 6.17 Å². The van der Waals surface area contributed by atoms with E-state index < -0.39 is 0 Å². The smallest absolute Gasteiger partial charge is 0.133 e. The Morgan fingerprint density at radius 1 is 1.57 bits per heavy atom. The van der Waals surface area contributed by atoms with E-state index in [9.17, 15) is 0 Å². The van der Waals surface area contributed by atoms with Crippen LogP contribution in [0, 0.1) is 0 Å². The topological polar surface area (TPSA) is 43.8 Å². The van der Waals surface area contributed by atoms with Gasteiger partial charge in [0.15, 0.2) is 0 Å². The molecule has 0 amide bonds. The molecule has 0 aliphatic carbocycles. The van der Waals surface area contributed by atoms with E-state index >= 15 is 0 Å². The Balaban J connectivity index is 2.49. The number of nitrogens with zero attached hydrogens (tertiary/aromatic N) is 2. The summed E-state index contributed by atoms with van der Waals surface area (Å²) in [6.45, 7) is 4.21. The molecule has 14 heavy (non-hydrogen) atoms. The van der Waals surface area contributed by atoms with E-state index in [4.69, 9.17) is 17.3 Å². The molecule has 2 heterocycles. The quantitative estimate of drug-likeness (QED) is 0.779. The largest absolute Gasteiger partial charge is 0.311 e. The standard InChI is InChI=1S/C10H16ClN3/c1-6(2)9-10(11)14-7(12)4-3-5-8(14)13-9/h6-7H,3-5,12H2,1-2H3. The first-order chi connectivity index (χ1) is 6.61. The van der Waals surface area contributed by atoms with E-state index in [1.54, 1.807) is 0 Å². The highest BCUT2D eigenvalue weighted by Crippen LogP contribution is 2.31. The second-order valence-electron chi connectivity index (χ2n) is 4.19. The average molecular weight is 214 g/mol. The Morgan fingerprint density at radius 3 is 2.86 bits per heavy atom. The highest BCUT2D eigenvalue weighted by Gasteiger charge is 2.24. The summed E-state index contributed by atoms with van der Waals surface area (Å²) >= 11 is 6.25. The van der Waals surface area contributed by atoms with E-state index in [0.29, 0.717) is 5.92 Å². The van der Waals surface area contributed by atoms with Gasteiger partial charge in [-0.25, -0.2) is 4.98 Å². The number of halogens is 1. The third-order valence-electron chi connectivity index (χ3n) is 2.73. The van der Waals surface area contributed by atoms with Gasteiger partial charge in [-0.3, -0.25) is 0 Å². The summed E-state index contributed by atoms with van der Waals surface area (Å²) in [6.07, 6.45) is 3.14. The normalized spacial score (nSPS) is 21.4. The van der Waals surface area contributed by atoms with Crippen LogP contribution in [0.5, 0.6) is 0 Å². The van der Waals surface area contributed by atoms with Crippen LogP contribution in [0.15, 0.2) is 0 Å². The predicted octanol–water partition coefficient (Wildman–Crippen LogP) is 2.45. The molecule has 78 valence electrons. The molecule has 1 aliphatic rings. The summed E-state index contributed by atoms with van der Waals surface area (Å²) in [7, 11) is 0. The summed E-state index contributed by atoms with van der Waals surface area (Å²) in [5.74, 6) is 1.42. The molecule has 2 rings (SSSR count). The Bertz CT molecular complexity index is 343. The van der Waals surface area contributed by atoms with Gasteiger partial charge in [-0.1, -0.05) is 25.4 Å². The first-order valence-electron chi connectivity index (χ1n) is 5.13. The SMILES string of the molecule is CC(C)c1nc2n(c1Cl)C(N)CCC2. The number of hydrogen-bond acceptors (Lipinski definition) is 2. The molecule has 1 aromatic rings. The number of nitrogens with two attached hydrogens (primary N) is 1. The molecule has 3 nitrogen and oxygen atoms in total.